The van der Waals surface area contributed by atoms with Crippen molar-refractivity contribution < 1.29 is 10.0 Å². The molecule has 0 aromatic carbocycles. The van der Waals surface area contributed by atoms with Crippen LogP contribution in [0.4, 0.5) is 0 Å². The van der Waals surface area contributed by atoms with Crippen molar-refractivity contribution in [2.45, 2.75) is 20.8 Å². The molecule has 0 aliphatic rings. The minimum absolute atomic E-state index is 0.00570. The summed E-state index contributed by atoms with van der Waals surface area (Å²) in [7, 11) is 0. The molecular weight excluding hydrogens is 250 g/mol. The molecule has 1 aromatic heterocycles. The highest BCUT2D eigenvalue weighted by Gasteiger charge is 2.20. The Labute approximate surface area is 111 Å². The monoisotopic (exact) mass is 269 g/mol. The Kier molecular flexibility index (Phi) is 5.15. The average Bonchev–Trinajstić information content (AvgIpc) is 2.79. The molecule has 0 radical (unpaired) electrons. The number of thiophene rings is 1. The maximum Gasteiger partial charge on any atom is 0.254 e. The fourth-order valence-electron chi connectivity index (χ4n) is 1.63. The predicted molar refractivity (Wildman–Crippen MR) is 73.2 cm³/mol. The van der Waals surface area contributed by atoms with Gasteiger partial charge in [-0.1, -0.05) is 12.1 Å². The summed E-state index contributed by atoms with van der Waals surface area (Å²) in [6, 6.07) is 0. The van der Waals surface area contributed by atoms with Gasteiger partial charge in [0, 0.05) is 24.4 Å². The van der Waals surface area contributed by atoms with Crippen LogP contribution in [0, 0.1) is 12.8 Å². The SMILES string of the molecule is CCN(CC(C)C(N)=NO)C(=O)c1cscc1C. The maximum atomic E-state index is 12.3. The summed E-state index contributed by atoms with van der Waals surface area (Å²) < 4.78 is 0. The van der Waals surface area contributed by atoms with Crippen LogP contribution in [0.2, 0.25) is 0 Å². The topological polar surface area (TPSA) is 78.9 Å². The second-order valence-corrected chi connectivity index (χ2v) is 4.98. The van der Waals surface area contributed by atoms with Crippen molar-refractivity contribution in [1.82, 2.24) is 4.90 Å². The van der Waals surface area contributed by atoms with Crippen molar-refractivity contribution in [1.29, 1.82) is 0 Å². The molecule has 5 nitrogen and oxygen atoms in total. The third kappa shape index (κ3) is 3.22. The highest BCUT2D eigenvalue weighted by atomic mass is 32.1. The van der Waals surface area contributed by atoms with E-state index in [9.17, 15) is 4.79 Å². The second-order valence-electron chi connectivity index (χ2n) is 4.24. The molecule has 1 atom stereocenters. The number of amidine groups is 1. The molecule has 6 heteroatoms. The van der Waals surface area contributed by atoms with Crippen LogP contribution in [0.1, 0.15) is 29.8 Å². The summed E-state index contributed by atoms with van der Waals surface area (Å²) in [4.78, 5) is 14.0. The van der Waals surface area contributed by atoms with E-state index in [1.807, 2.05) is 31.5 Å². The van der Waals surface area contributed by atoms with Gasteiger partial charge in [0.05, 0.1) is 5.56 Å². The molecule has 0 fully saturated rings. The smallest absolute Gasteiger partial charge is 0.254 e. The lowest BCUT2D eigenvalue weighted by molar-refractivity contribution is 0.0753. The van der Waals surface area contributed by atoms with Crippen molar-refractivity contribution in [3.05, 3.63) is 21.9 Å². The van der Waals surface area contributed by atoms with Gasteiger partial charge >= 0.3 is 0 Å². The number of carbonyl (C=O) groups excluding carboxylic acids is 1. The van der Waals surface area contributed by atoms with E-state index in [1.165, 1.54) is 11.3 Å². The van der Waals surface area contributed by atoms with Gasteiger partial charge in [0.25, 0.3) is 5.91 Å². The minimum atomic E-state index is -0.169. The summed E-state index contributed by atoms with van der Waals surface area (Å²) in [5.74, 6) is -0.0324. The van der Waals surface area contributed by atoms with E-state index in [2.05, 4.69) is 5.16 Å². The summed E-state index contributed by atoms with van der Waals surface area (Å²) in [5.41, 5.74) is 7.25. The lowest BCUT2D eigenvalue weighted by atomic mass is 10.1. The molecule has 0 aliphatic carbocycles. The van der Waals surface area contributed by atoms with Crippen LogP contribution < -0.4 is 5.73 Å². The number of aryl methyl sites for hydroxylation is 1. The Morgan fingerprint density at radius 3 is 2.72 bits per heavy atom. The molecule has 0 aliphatic heterocycles. The van der Waals surface area contributed by atoms with Gasteiger partial charge in [-0.2, -0.15) is 11.3 Å². The number of nitrogens with zero attached hydrogens (tertiary/aromatic N) is 2. The molecule has 1 heterocycles. The van der Waals surface area contributed by atoms with Gasteiger partial charge in [-0.05, 0) is 24.8 Å². The van der Waals surface area contributed by atoms with Crippen molar-refractivity contribution in [2.75, 3.05) is 13.1 Å². The predicted octanol–water partition coefficient (Wildman–Crippen LogP) is 1.90. The van der Waals surface area contributed by atoms with Crippen LogP contribution in [-0.4, -0.2) is 34.9 Å². The minimum Gasteiger partial charge on any atom is -0.409 e. The Morgan fingerprint density at radius 2 is 2.28 bits per heavy atom. The van der Waals surface area contributed by atoms with E-state index < -0.39 is 0 Å². The number of rotatable bonds is 5. The second kappa shape index (κ2) is 6.39. The summed E-state index contributed by atoms with van der Waals surface area (Å²) in [6.07, 6.45) is 0. The normalized spacial score (nSPS) is 13.4. The Bertz CT molecular complexity index is 442. The molecule has 1 aromatic rings. The third-order valence-corrected chi connectivity index (χ3v) is 3.73. The van der Waals surface area contributed by atoms with Crippen molar-refractivity contribution >= 4 is 23.1 Å². The summed E-state index contributed by atoms with van der Waals surface area (Å²) >= 11 is 1.52. The average molecular weight is 269 g/mol. The highest BCUT2D eigenvalue weighted by Crippen LogP contribution is 2.16. The molecule has 3 N–H and O–H groups in total. The lowest BCUT2D eigenvalue weighted by Crippen LogP contribution is -2.38. The number of hydrogen-bond donors (Lipinski definition) is 2. The molecule has 0 spiro atoms. The number of oxime groups is 1. The van der Waals surface area contributed by atoms with E-state index in [1.54, 1.807) is 4.90 Å². The van der Waals surface area contributed by atoms with Crippen molar-refractivity contribution in [3.63, 3.8) is 0 Å². The van der Waals surface area contributed by atoms with E-state index in [-0.39, 0.29) is 17.7 Å². The number of carbonyl (C=O) groups is 1. The molecule has 18 heavy (non-hydrogen) atoms. The van der Waals surface area contributed by atoms with E-state index in [4.69, 9.17) is 10.9 Å². The van der Waals surface area contributed by atoms with Crippen LogP contribution in [0.5, 0.6) is 0 Å². The third-order valence-electron chi connectivity index (χ3n) is 2.87. The van der Waals surface area contributed by atoms with Gasteiger partial charge in [-0.15, -0.1) is 0 Å². The number of amides is 1. The molecule has 1 amide bonds. The fraction of sp³-hybridized carbons (Fsp3) is 0.500. The molecule has 1 rings (SSSR count). The molecular formula is C12H19N3O2S. The van der Waals surface area contributed by atoms with E-state index in [0.717, 1.165) is 11.1 Å². The van der Waals surface area contributed by atoms with E-state index >= 15 is 0 Å². The first-order chi connectivity index (χ1) is 8.51. The maximum absolute atomic E-state index is 12.3. The molecule has 0 saturated carbocycles. The van der Waals surface area contributed by atoms with Gasteiger partial charge in [0.1, 0.15) is 5.84 Å². The van der Waals surface area contributed by atoms with Gasteiger partial charge < -0.3 is 15.8 Å². The largest absolute Gasteiger partial charge is 0.409 e. The van der Waals surface area contributed by atoms with Gasteiger partial charge in [0.15, 0.2) is 0 Å². The van der Waals surface area contributed by atoms with Gasteiger partial charge in [0.2, 0.25) is 0 Å². The highest BCUT2D eigenvalue weighted by molar-refractivity contribution is 7.08. The zero-order chi connectivity index (χ0) is 13.7. The van der Waals surface area contributed by atoms with Crippen LogP contribution in [0.3, 0.4) is 0 Å². The Balaban J connectivity index is 2.79. The standard InChI is InChI=1S/C12H19N3O2S/c1-4-15(5-8(2)11(13)14-17)12(16)10-7-18-6-9(10)3/h6-8,17H,4-5H2,1-3H3,(H2,13,14). The summed E-state index contributed by atoms with van der Waals surface area (Å²) in [5, 5.41) is 15.4. The fourth-order valence-corrected chi connectivity index (χ4v) is 2.45. The van der Waals surface area contributed by atoms with Gasteiger partial charge in [-0.25, -0.2) is 0 Å². The van der Waals surface area contributed by atoms with Gasteiger partial charge in [-0.3, -0.25) is 4.79 Å². The van der Waals surface area contributed by atoms with Crippen molar-refractivity contribution in [3.8, 4) is 0 Å². The first-order valence-corrected chi connectivity index (χ1v) is 6.75. The summed E-state index contributed by atoms with van der Waals surface area (Å²) in [6.45, 7) is 6.70. The first kappa shape index (κ1) is 14.5. The van der Waals surface area contributed by atoms with Crippen LogP contribution >= 0.6 is 11.3 Å². The Morgan fingerprint density at radius 1 is 1.61 bits per heavy atom. The molecule has 0 bridgehead atoms. The quantitative estimate of drug-likeness (QED) is 0.371. The number of nitrogens with two attached hydrogens (primary N) is 1. The van der Waals surface area contributed by atoms with Crippen LogP contribution in [0.25, 0.3) is 0 Å². The molecule has 1 unspecified atom stereocenters. The Hall–Kier alpha value is -1.56. The molecule has 100 valence electrons. The first-order valence-electron chi connectivity index (χ1n) is 5.80. The van der Waals surface area contributed by atoms with Crippen molar-refractivity contribution in [2.24, 2.45) is 16.8 Å². The van der Waals surface area contributed by atoms with Crippen LogP contribution in [-0.2, 0) is 0 Å². The number of hydrogen-bond acceptors (Lipinski definition) is 4. The lowest BCUT2D eigenvalue weighted by Gasteiger charge is -2.24. The van der Waals surface area contributed by atoms with Crippen LogP contribution in [0.15, 0.2) is 15.9 Å². The zero-order valence-corrected chi connectivity index (χ0v) is 11.7. The van der Waals surface area contributed by atoms with E-state index in [0.29, 0.717) is 13.1 Å². The molecule has 0 saturated heterocycles. The zero-order valence-electron chi connectivity index (χ0n) is 10.9.